The molecule has 2 rings (SSSR count). The Bertz CT molecular complexity index is 591. The van der Waals surface area contributed by atoms with E-state index in [4.69, 9.17) is 4.42 Å². The summed E-state index contributed by atoms with van der Waals surface area (Å²) in [5, 5.41) is 0. The van der Waals surface area contributed by atoms with E-state index >= 15 is 0 Å². The molecule has 1 aromatic carbocycles. The van der Waals surface area contributed by atoms with Crippen LogP contribution in [0.2, 0.25) is 0 Å². The summed E-state index contributed by atoms with van der Waals surface area (Å²) < 4.78 is 31.4. The molecule has 0 amide bonds. The van der Waals surface area contributed by atoms with Crippen molar-refractivity contribution in [3.05, 3.63) is 60.1 Å². The zero-order chi connectivity index (χ0) is 14.3. The molecule has 5 heteroatoms. The van der Waals surface area contributed by atoms with Gasteiger partial charge in [-0.15, -0.1) is 0 Å². The predicted octanol–water partition coefficient (Wildman–Crippen LogP) is 2.37. The number of furan rings is 1. The standard InChI is InChI=1S/C15H19NO3S/c17-20(18,16-11-10-15-9-4-12-19-15)13-5-8-14-6-2-1-3-7-14/h1-4,6-7,9,12,16H,5,8,10-11,13H2. The Hall–Kier alpha value is -1.59. The van der Waals surface area contributed by atoms with Crippen LogP contribution in [0.1, 0.15) is 17.7 Å². The smallest absolute Gasteiger partial charge is 0.211 e. The molecule has 0 saturated heterocycles. The van der Waals surface area contributed by atoms with Gasteiger partial charge in [-0.2, -0.15) is 0 Å². The zero-order valence-corrected chi connectivity index (χ0v) is 12.1. The number of rotatable bonds is 8. The Balaban J connectivity index is 1.68. The SMILES string of the molecule is O=S(=O)(CCCc1ccccc1)NCCc1ccco1. The van der Waals surface area contributed by atoms with Gasteiger partial charge in [0.1, 0.15) is 5.76 Å². The van der Waals surface area contributed by atoms with Crippen LogP contribution < -0.4 is 4.72 Å². The number of hydrogen-bond acceptors (Lipinski definition) is 3. The first kappa shape index (κ1) is 14.8. The summed E-state index contributed by atoms with van der Waals surface area (Å²) in [6, 6.07) is 13.5. The van der Waals surface area contributed by atoms with E-state index in [-0.39, 0.29) is 5.75 Å². The normalized spacial score (nSPS) is 11.6. The molecule has 0 spiro atoms. The van der Waals surface area contributed by atoms with E-state index in [9.17, 15) is 8.42 Å². The number of sulfonamides is 1. The second kappa shape index (κ2) is 7.26. The van der Waals surface area contributed by atoms with Crippen molar-refractivity contribution in [1.29, 1.82) is 0 Å². The van der Waals surface area contributed by atoms with Crippen LogP contribution in [0.15, 0.2) is 53.1 Å². The first-order valence-electron chi connectivity index (χ1n) is 6.69. The quantitative estimate of drug-likeness (QED) is 0.813. The Morgan fingerprint density at radius 1 is 1.00 bits per heavy atom. The molecular formula is C15H19NO3S. The third-order valence-corrected chi connectivity index (χ3v) is 4.46. The highest BCUT2D eigenvalue weighted by atomic mass is 32.2. The fraction of sp³-hybridized carbons (Fsp3) is 0.333. The average molecular weight is 293 g/mol. The summed E-state index contributed by atoms with van der Waals surface area (Å²) in [4.78, 5) is 0. The number of hydrogen-bond donors (Lipinski definition) is 1. The van der Waals surface area contributed by atoms with Crippen LogP contribution in [-0.2, 0) is 22.9 Å². The Morgan fingerprint density at radius 3 is 2.50 bits per heavy atom. The maximum absolute atomic E-state index is 11.8. The van der Waals surface area contributed by atoms with Crippen molar-refractivity contribution >= 4 is 10.0 Å². The van der Waals surface area contributed by atoms with E-state index < -0.39 is 10.0 Å². The lowest BCUT2D eigenvalue weighted by atomic mass is 10.1. The molecule has 0 fully saturated rings. The van der Waals surface area contributed by atoms with Gasteiger partial charge in [-0.1, -0.05) is 30.3 Å². The highest BCUT2D eigenvalue weighted by Crippen LogP contribution is 2.04. The maximum atomic E-state index is 11.8. The van der Waals surface area contributed by atoms with Crippen LogP contribution in [0.25, 0.3) is 0 Å². The molecule has 108 valence electrons. The number of aryl methyl sites for hydroxylation is 1. The van der Waals surface area contributed by atoms with Gasteiger partial charge in [-0.25, -0.2) is 13.1 Å². The molecule has 20 heavy (non-hydrogen) atoms. The van der Waals surface area contributed by atoms with Gasteiger partial charge >= 0.3 is 0 Å². The summed E-state index contributed by atoms with van der Waals surface area (Å²) in [5.41, 5.74) is 1.17. The van der Waals surface area contributed by atoms with E-state index in [2.05, 4.69) is 4.72 Å². The third kappa shape index (κ3) is 5.19. The minimum Gasteiger partial charge on any atom is -0.469 e. The number of nitrogens with one attached hydrogen (secondary N) is 1. The van der Waals surface area contributed by atoms with Gasteiger partial charge in [0.15, 0.2) is 0 Å². The molecule has 4 nitrogen and oxygen atoms in total. The third-order valence-electron chi connectivity index (χ3n) is 2.99. The molecule has 0 radical (unpaired) electrons. The van der Waals surface area contributed by atoms with E-state index in [0.717, 1.165) is 12.2 Å². The highest BCUT2D eigenvalue weighted by Gasteiger charge is 2.09. The van der Waals surface area contributed by atoms with Crippen LogP contribution in [0.5, 0.6) is 0 Å². The van der Waals surface area contributed by atoms with Crippen molar-refractivity contribution in [2.24, 2.45) is 0 Å². The van der Waals surface area contributed by atoms with E-state index in [1.165, 1.54) is 5.56 Å². The minimum atomic E-state index is -3.20. The van der Waals surface area contributed by atoms with Gasteiger partial charge in [0.2, 0.25) is 10.0 Å². The van der Waals surface area contributed by atoms with E-state index in [1.54, 1.807) is 12.3 Å². The Morgan fingerprint density at radius 2 is 1.80 bits per heavy atom. The van der Waals surface area contributed by atoms with Crippen molar-refractivity contribution < 1.29 is 12.8 Å². The fourth-order valence-electron chi connectivity index (χ4n) is 1.97. The van der Waals surface area contributed by atoms with Crippen LogP contribution >= 0.6 is 0 Å². The van der Waals surface area contributed by atoms with Crippen molar-refractivity contribution in [1.82, 2.24) is 4.72 Å². The fourth-order valence-corrected chi connectivity index (χ4v) is 3.05. The van der Waals surface area contributed by atoms with Crippen molar-refractivity contribution in [3.8, 4) is 0 Å². The maximum Gasteiger partial charge on any atom is 0.211 e. The van der Waals surface area contributed by atoms with Crippen molar-refractivity contribution in [3.63, 3.8) is 0 Å². The summed E-state index contributed by atoms with van der Waals surface area (Å²) in [6.45, 7) is 0.376. The van der Waals surface area contributed by atoms with Crippen molar-refractivity contribution in [2.45, 2.75) is 19.3 Å². The molecule has 0 aliphatic heterocycles. The Kier molecular flexibility index (Phi) is 5.38. The second-order valence-electron chi connectivity index (χ2n) is 4.63. The lowest BCUT2D eigenvalue weighted by Gasteiger charge is -2.06. The summed E-state index contributed by atoms with van der Waals surface area (Å²) >= 11 is 0. The first-order chi connectivity index (χ1) is 9.66. The second-order valence-corrected chi connectivity index (χ2v) is 6.56. The summed E-state index contributed by atoms with van der Waals surface area (Å²) in [5.74, 6) is 0.942. The minimum absolute atomic E-state index is 0.153. The first-order valence-corrected chi connectivity index (χ1v) is 8.34. The summed E-state index contributed by atoms with van der Waals surface area (Å²) in [7, 11) is -3.20. The highest BCUT2D eigenvalue weighted by molar-refractivity contribution is 7.89. The molecule has 0 aliphatic rings. The van der Waals surface area contributed by atoms with Gasteiger partial charge in [-0.3, -0.25) is 0 Å². The summed E-state index contributed by atoms with van der Waals surface area (Å²) in [6.07, 6.45) is 3.56. The van der Waals surface area contributed by atoms with Gasteiger partial charge in [0.25, 0.3) is 0 Å². The Labute approximate surface area is 119 Å². The van der Waals surface area contributed by atoms with Crippen LogP contribution in [0.3, 0.4) is 0 Å². The van der Waals surface area contributed by atoms with Crippen molar-refractivity contribution in [2.75, 3.05) is 12.3 Å². The predicted molar refractivity (Wildman–Crippen MR) is 79.0 cm³/mol. The van der Waals surface area contributed by atoms with Crippen LogP contribution in [0.4, 0.5) is 0 Å². The van der Waals surface area contributed by atoms with Gasteiger partial charge in [-0.05, 0) is 30.5 Å². The number of benzene rings is 1. The molecule has 0 saturated carbocycles. The lowest BCUT2D eigenvalue weighted by molar-refractivity contribution is 0.505. The monoisotopic (exact) mass is 293 g/mol. The average Bonchev–Trinajstić information content (AvgIpc) is 2.93. The van der Waals surface area contributed by atoms with E-state index in [0.29, 0.717) is 19.4 Å². The van der Waals surface area contributed by atoms with Crippen LogP contribution in [-0.4, -0.2) is 20.7 Å². The molecule has 0 atom stereocenters. The lowest BCUT2D eigenvalue weighted by Crippen LogP contribution is -2.28. The van der Waals surface area contributed by atoms with Gasteiger partial charge in [0, 0.05) is 13.0 Å². The molecule has 0 bridgehead atoms. The molecule has 0 unspecified atom stereocenters. The molecule has 0 aliphatic carbocycles. The molecule has 1 N–H and O–H groups in total. The van der Waals surface area contributed by atoms with E-state index in [1.807, 2.05) is 36.4 Å². The zero-order valence-electron chi connectivity index (χ0n) is 11.3. The molecule has 2 aromatic rings. The topological polar surface area (TPSA) is 59.3 Å². The molecule has 1 aromatic heterocycles. The molecule has 1 heterocycles. The largest absolute Gasteiger partial charge is 0.469 e. The van der Waals surface area contributed by atoms with Crippen LogP contribution in [0, 0.1) is 0 Å². The molecular weight excluding hydrogens is 274 g/mol. The van der Waals surface area contributed by atoms with Gasteiger partial charge < -0.3 is 4.42 Å². The van der Waals surface area contributed by atoms with Gasteiger partial charge in [0.05, 0.1) is 12.0 Å².